The Morgan fingerprint density at radius 2 is 1.93 bits per heavy atom. The summed E-state index contributed by atoms with van der Waals surface area (Å²) in [7, 11) is 0. The number of aryl methyl sites for hydroxylation is 3. The average Bonchev–Trinajstić information content (AvgIpc) is 3.08. The Morgan fingerprint density at radius 1 is 1.19 bits per heavy atom. The van der Waals surface area contributed by atoms with E-state index in [2.05, 4.69) is 40.6 Å². The summed E-state index contributed by atoms with van der Waals surface area (Å²) < 4.78 is 3.49. The number of halogens is 1. The van der Waals surface area contributed by atoms with Crippen LogP contribution < -0.4 is 5.32 Å². The standard InChI is InChI=1S/C20H24ClN5O/c1-12-7-6-8-17(9-12)10-25-15(4)19(14(3)24-25)22-20(27)16(5)26-11-18(21)13(2)23-26/h6-9,11,16H,10H2,1-5H3,(H,22,27). The van der Waals surface area contributed by atoms with Crippen LogP contribution in [0.4, 0.5) is 5.69 Å². The second kappa shape index (κ2) is 7.56. The number of carbonyl (C=O) groups is 1. The third-order valence-electron chi connectivity index (χ3n) is 4.68. The second-order valence-corrected chi connectivity index (χ2v) is 7.31. The molecule has 0 saturated carbocycles. The zero-order valence-electron chi connectivity index (χ0n) is 16.2. The molecule has 3 aromatic rings. The third kappa shape index (κ3) is 4.06. The van der Waals surface area contributed by atoms with E-state index in [0.717, 1.165) is 17.1 Å². The Labute approximate surface area is 164 Å². The van der Waals surface area contributed by atoms with Crippen molar-refractivity contribution in [3.05, 3.63) is 63.7 Å². The summed E-state index contributed by atoms with van der Waals surface area (Å²) in [5, 5.41) is 12.4. The molecule has 0 saturated heterocycles. The number of nitrogens with one attached hydrogen (secondary N) is 1. The monoisotopic (exact) mass is 385 g/mol. The van der Waals surface area contributed by atoms with Crippen LogP contribution in [-0.4, -0.2) is 25.5 Å². The Morgan fingerprint density at radius 3 is 2.56 bits per heavy atom. The number of amides is 1. The highest BCUT2D eigenvalue weighted by atomic mass is 35.5. The van der Waals surface area contributed by atoms with Crippen molar-refractivity contribution in [2.24, 2.45) is 0 Å². The first-order valence-electron chi connectivity index (χ1n) is 8.88. The highest BCUT2D eigenvalue weighted by Crippen LogP contribution is 2.23. The van der Waals surface area contributed by atoms with Crippen molar-refractivity contribution in [1.29, 1.82) is 0 Å². The molecule has 7 heteroatoms. The molecule has 142 valence electrons. The normalized spacial score (nSPS) is 12.2. The molecule has 0 aliphatic carbocycles. The minimum Gasteiger partial charge on any atom is -0.321 e. The summed E-state index contributed by atoms with van der Waals surface area (Å²) in [6.07, 6.45) is 1.67. The van der Waals surface area contributed by atoms with Crippen LogP contribution in [0.5, 0.6) is 0 Å². The highest BCUT2D eigenvalue weighted by molar-refractivity contribution is 6.31. The summed E-state index contributed by atoms with van der Waals surface area (Å²) >= 11 is 6.05. The fraction of sp³-hybridized carbons (Fsp3) is 0.350. The van der Waals surface area contributed by atoms with Gasteiger partial charge in [-0.15, -0.1) is 0 Å². The van der Waals surface area contributed by atoms with Gasteiger partial charge in [-0.3, -0.25) is 14.2 Å². The molecule has 0 aliphatic rings. The van der Waals surface area contributed by atoms with Crippen LogP contribution in [-0.2, 0) is 11.3 Å². The molecular formula is C20H24ClN5O. The molecule has 27 heavy (non-hydrogen) atoms. The van der Waals surface area contributed by atoms with E-state index in [1.807, 2.05) is 31.5 Å². The van der Waals surface area contributed by atoms with Gasteiger partial charge in [0.2, 0.25) is 5.91 Å². The van der Waals surface area contributed by atoms with E-state index in [-0.39, 0.29) is 5.91 Å². The van der Waals surface area contributed by atoms with Crippen molar-refractivity contribution in [2.75, 3.05) is 5.32 Å². The molecule has 1 unspecified atom stereocenters. The Balaban J connectivity index is 1.79. The molecule has 2 aromatic heterocycles. The van der Waals surface area contributed by atoms with Crippen molar-refractivity contribution in [2.45, 2.75) is 47.2 Å². The molecule has 0 radical (unpaired) electrons. The molecule has 1 N–H and O–H groups in total. The zero-order chi connectivity index (χ0) is 19.7. The van der Waals surface area contributed by atoms with Gasteiger partial charge in [0, 0.05) is 6.20 Å². The van der Waals surface area contributed by atoms with E-state index in [4.69, 9.17) is 11.6 Å². The van der Waals surface area contributed by atoms with Crippen molar-refractivity contribution in [3.8, 4) is 0 Å². The van der Waals surface area contributed by atoms with Crippen LogP contribution >= 0.6 is 11.6 Å². The van der Waals surface area contributed by atoms with Crippen LogP contribution in [0.3, 0.4) is 0 Å². The van der Waals surface area contributed by atoms with E-state index in [1.165, 1.54) is 11.1 Å². The van der Waals surface area contributed by atoms with Gasteiger partial charge in [-0.1, -0.05) is 41.4 Å². The molecule has 0 spiro atoms. The van der Waals surface area contributed by atoms with Gasteiger partial charge in [-0.25, -0.2) is 0 Å². The SMILES string of the molecule is Cc1cccc(Cn2nc(C)c(NC(=O)C(C)n3cc(Cl)c(C)n3)c2C)c1. The van der Waals surface area contributed by atoms with Crippen molar-refractivity contribution in [3.63, 3.8) is 0 Å². The van der Waals surface area contributed by atoms with E-state index < -0.39 is 6.04 Å². The lowest BCUT2D eigenvalue weighted by atomic mass is 10.1. The van der Waals surface area contributed by atoms with Gasteiger partial charge in [0.1, 0.15) is 6.04 Å². The summed E-state index contributed by atoms with van der Waals surface area (Å²) in [6.45, 7) is 10.2. The van der Waals surface area contributed by atoms with Gasteiger partial charge < -0.3 is 5.32 Å². The molecule has 2 heterocycles. The maximum Gasteiger partial charge on any atom is 0.249 e. The fourth-order valence-electron chi connectivity index (χ4n) is 3.02. The Kier molecular flexibility index (Phi) is 5.37. The number of anilines is 1. The summed E-state index contributed by atoms with van der Waals surface area (Å²) in [6, 6.07) is 7.85. The van der Waals surface area contributed by atoms with Gasteiger partial charge in [0.05, 0.1) is 34.3 Å². The first-order chi connectivity index (χ1) is 12.8. The number of hydrogen-bond acceptors (Lipinski definition) is 3. The largest absolute Gasteiger partial charge is 0.321 e. The second-order valence-electron chi connectivity index (χ2n) is 6.90. The predicted molar refractivity (Wildman–Crippen MR) is 107 cm³/mol. The van der Waals surface area contributed by atoms with Crippen LogP contribution in [0.1, 0.15) is 41.2 Å². The molecule has 0 aliphatic heterocycles. The highest BCUT2D eigenvalue weighted by Gasteiger charge is 2.21. The minimum absolute atomic E-state index is 0.157. The molecule has 3 rings (SSSR count). The lowest BCUT2D eigenvalue weighted by Gasteiger charge is -2.13. The summed E-state index contributed by atoms with van der Waals surface area (Å²) in [5.41, 5.74) is 5.54. The Hall–Kier alpha value is -2.60. The molecule has 0 bridgehead atoms. The number of nitrogens with zero attached hydrogens (tertiary/aromatic N) is 4. The maximum atomic E-state index is 12.7. The fourth-order valence-corrected chi connectivity index (χ4v) is 3.16. The quantitative estimate of drug-likeness (QED) is 0.715. The van der Waals surface area contributed by atoms with E-state index in [1.54, 1.807) is 17.8 Å². The minimum atomic E-state index is -0.477. The van der Waals surface area contributed by atoms with Crippen molar-refractivity contribution < 1.29 is 4.79 Å². The summed E-state index contributed by atoms with van der Waals surface area (Å²) in [5.74, 6) is -0.157. The van der Waals surface area contributed by atoms with E-state index >= 15 is 0 Å². The molecular weight excluding hydrogens is 362 g/mol. The van der Waals surface area contributed by atoms with Gasteiger partial charge in [-0.2, -0.15) is 10.2 Å². The third-order valence-corrected chi connectivity index (χ3v) is 5.05. The predicted octanol–water partition coefficient (Wildman–Crippen LogP) is 4.21. The van der Waals surface area contributed by atoms with Crippen molar-refractivity contribution >= 4 is 23.2 Å². The number of hydrogen-bond donors (Lipinski definition) is 1. The molecule has 6 nitrogen and oxygen atoms in total. The lowest BCUT2D eigenvalue weighted by molar-refractivity contribution is -0.119. The number of carbonyl (C=O) groups excluding carboxylic acids is 1. The first-order valence-corrected chi connectivity index (χ1v) is 9.25. The van der Waals surface area contributed by atoms with Crippen LogP contribution in [0, 0.1) is 27.7 Å². The lowest BCUT2D eigenvalue weighted by Crippen LogP contribution is -2.24. The van der Waals surface area contributed by atoms with Crippen molar-refractivity contribution in [1.82, 2.24) is 19.6 Å². The topological polar surface area (TPSA) is 64.7 Å². The summed E-state index contributed by atoms with van der Waals surface area (Å²) in [4.78, 5) is 12.7. The zero-order valence-corrected chi connectivity index (χ0v) is 17.0. The van der Waals surface area contributed by atoms with Gasteiger partial charge in [-0.05, 0) is 40.2 Å². The number of rotatable bonds is 5. The smallest absolute Gasteiger partial charge is 0.249 e. The van der Waals surface area contributed by atoms with Gasteiger partial charge in [0.15, 0.2) is 0 Å². The van der Waals surface area contributed by atoms with Gasteiger partial charge >= 0.3 is 0 Å². The van der Waals surface area contributed by atoms with E-state index in [0.29, 0.717) is 17.3 Å². The molecule has 1 aromatic carbocycles. The molecule has 1 atom stereocenters. The van der Waals surface area contributed by atoms with Crippen LogP contribution in [0.2, 0.25) is 5.02 Å². The number of benzene rings is 1. The average molecular weight is 386 g/mol. The number of aromatic nitrogens is 4. The Bertz CT molecular complexity index is 969. The van der Waals surface area contributed by atoms with Crippen LogP contribution in [0.25, 0.3) is 0 Å². The molecule has 1 amide bonds. The maximum absolute atomic E-state index is 12.7. The van der Waals surface area contributed by atoms with Gasteiger partial charge in [0.25, 0.3) is 0 Å². The molecule has 0 fully saturated rings. The van der Waals surface area contributed by atoms with Crippen LogP contribution in [0.15, 0.2) is 30.5 Å². The van der Waals surface area contributed by atoms with E-state index in [9.17, 15) is 4.79 Å². The first kappa shape index (κ1) is 19.2.